The van der Waals surface area contributed by atoms with Crippen molar-refractivity contribution in [1.29, 1.82) is 0 Å². The van der Waals surface area contributed by atoms with Crippen molar-refractivity contribution in [3.05, 3.63) is 22.7 Å². The molecule has 0 radical (unpaired) electrons. The van der Waals surface area contributed by atoms with Gasteiger partial charge < -0.3 is 150 Å². The second kappa shape index (κ2) is 37.9. The number of carboxylic acid groups (broad SMARTS) is 1. The Morgan fingerprint density at radius 2 is 1.47 bits per heavy atom. The minimum atomic E-state index is -5.98. The lowest BCUT2D eigenvalue weighted by atomic mass is 9.80. The molecule has 1 aromatic rings. The summed E-state index contributed by atoms with van der Waals surface area (Å²) in [5.41, 5.74) is 4.45. The molecule has 6 aliphatic rings. The molecular weight excluding hydrogens is 1440 g/mol. The zero-order valence-electron chi connectivity index (χ0n) is 54.6. The number of hydrogen-bond acceptors (Lipinski definition) is 40. The van der Waals surface area contributed by atoms with Crippen LogP contribution in [0.5, 0.6) is 0 Å². The van der Waals surface area contributed by atoms with Crippen molar-refractivity contribution >= 4 is 79.6 Å². The maximum atomic E-state index is 13.2. The molecule has 0 aliphatic carbocycles. The molecule has 1 aromatic heterocycles. The van der Waals surface area contributed by atoms with E-state index < -0.39 is 259 Å². The number of aliphatic hydroxyl groups excluding tert-OH is 12. The predicted octanol–water partition coefficient (Wildman–Crippen LogP) is -11.6. The number of carbonyl (C=O) groups is 9. The number of rotatable bonds is 38. The third-order valence-corrected chi connectivity index (χ3v) is 19.3. The van der Waals surface area contributed by atoms with Crippen LogP contribution >= 0.6 is 19.6 Å². The average Bonchev–Trinajstić information content (AvgIpc) is 1.17. The number of anilines is 1. The molecule has 11 unspecified atom stereocenters. The molecule has 6 fully saturated rings. The molecule has 27 atom stereocenters. The number of imide groups is 1. The molecule has 47 heteroatoms. The third kappa shape index (κ3) is 21.2. The predicted molar refractivity (Wildman–Crippen MR) is 325 cm³/mol. The summed E-state index contributed by atoms with van der Waals surface area (Å²) in [6.45, 7) is -4.02. The van der Waals surface area contributed by atoms with Crippen LogP contribution in [0.4, 0.5) is 5.82 Å². The van der Waals surface area contributed by atoms with Gasteiger partial charge in [-0.05, 0) is 24.7 Å². The molecule has 103 heavy (non-hydrogen) atoms. The minimum absolute atomic E-state index is 0.00372. The van der Waals surface area contributed by atoms with E-state index in [0.717, 1.165) is 47.5 Å². The number of Topliss-reactive ketones (excluding diaryl/α,β-unsaturated/α-hetero) is 1. The smallest absolute Gasteiger partial charge is 0.364 e. The van der Waals surface area contributed by atoms with Crippen LogP contribution in [0, 0.1) is 5.92 Å². The number of thioether (sulfide) groups is 1. The van der Waals surface area contributed by atoms with Gasteiger partial charge in [-0.25, -0.2) is 9.59 Å². The summed E-state index contributed by atoms with van der Waals surface area (Å²) in [6.07, 6.45) is -43.0. The van der Waals surface area contributed by atoms with Gasteiger partial charge in [-0.3, -0.25) is 56.9 Å². The molecule has 0 spiro atoms. The van der Waals surface area contributed by atoms with E-state index in [1.54, 1.807) is 0 Å². The zero-order valence-corrected chi connectivity index (χ0v) is 56.4. The van der Waals surface area contributed by atoms with Gasteiger partial charge in [0.1, 0.15) is 91.2 Å². The van der Waals surface area contributed by atoms with Crippen LogP contribution < -0.4 is 32.3 Å². The number of phosphoric acid groups is 1. The van der Waals surface area contributed by atoms with E-state index in [1.165, 1.54) is 0 Å². The van der Waals surface area contributed by atoms with Crippen LogP contribution in [0.25, 0.3) is 0 Å². The Morgan fingerprint density at radius 3 is 2.11 bits per heavy atom. The number of aliphatic carboxylic acids is 1. The second-order valence-corrected chi connectivity index (χ2v) is 26.8. The summed E-state index contributed by atoms with van der Waals surface area (Å²) >= 11 is 1.06. The fraction of sp³-hybridized carbons (Fsp3) is 0.768. The van der Waals surface area contributed by atoms with E-state index in [2.05, 4.69) is 20.9 Å². The van der Waals surface area contributed by atoms with Crippen LogP contribution in [-0.2, 0) is 109 Å². The first-order valence-corrected chi connectivity index (χ1v) is 34.2. The number of nitrogens with two attached hydrogens (primary N) is 1. The number of carboxylic acids is 1. The van der Waals surface area contributed by atoms with Gasteiger partial charge in [0, 0.05) is 71.3 Å². The zero-order chi connectivity index (χ0) is 75.9. The Labute approximate surface area is 586 Å². The fourth-order valence-electron chi connectivity index (χ4n) is 11.8. The molecule has 6 saturated heterocycles. The standard InChI is InChI=1S/C56H84N7O38PS/c1-22(68)60-34-37(77)44(96-51-42(82)38(78)45(89-2)52(99-51)91-20-66)27(18-65)95-49(34)97-46-39(79)41(81)50(98-53(46)92-21-67)90-11-8-58-31(72)5-3-9-62-33(74)14-29(47(62)83)103-12-4-6-32(73)59-16-23(69)13-24-25(70)15-56(54(84)85,100-43(24)35(75)26(71)17-64)101-102(87,88)93-19-28-36(76)40(80)48(94-28)63-10-7-30(57)61-55(63)86/h7,10,20-21,24-29,34-46,48-53,64-65,70-71,75-82H,3-6,8-9,11-19H2,1-2H3,(H,58,72)(H,59,73)(H,60,68)(H,84,85)(H,87,88)(H2,57,61,86)/p-1/t24-,25?,26-,27?,28-,29?,34+,35-,36?,37?,38?,39?,40+,41+,42+,43?,44-,45+,46+,48-,49-,50-,51-,52?,53?,56-/m1/s1. The second-order valence-electron chi connectivity index (χ2n) is 24.2. The number of likely N-dealkylation sites (tertiary alicyclic amines) is 1. The van der Waals surface area contributed by atoms with Gasteiger partial charge in [-0.1, -0.05) is 0 Å². The maximum absolute atomic E-state index is 13.2. The van der Waals surface area contributed by atoms with Crippen molar-refractivity contribution in [2.45, 2.75) is 204 Å². The van der Waals surface area contributed by atoms with Crippen molar-refractivity contribution in [2.24, 2.45) is 5.92 Å². The summed E-state index contributed by atoms with van der Waals surface area (Å²) in [5.74, 6) is -11.4. The van der Waals surface area contributed by atoms with E-state index in [9.17, 15) is 124 Å². The molecule has 0 bridgehead atoms. The fourth-order valence-corrected chi connectivity index (χ4v) is 13.9. The van der Waals surface area contributed by atoms with Gasteiger partial charge in [0.15, 0.2) is 37.0 Å². The van der Waals surface area contributed by atoms with Crippen molar-refractivity contribution in [2.75, 3.05) is 64.7 Å². The molecular formula is C56H83N7O38PS-. The van der Waals surface area contributed by atoms with Gasteiger partial charge in [-0.15, -0.1) is 11.8 Å². The summed E-state index contributed by atoms with van der Waals surface area (Å²) in [4.78, 5) is 143. The lowest BCUT2D eigenvalue weighted by molar-refractivity contribution is -0.389. The summed E-state index contributed by atoms with van der Waals surface area (Å²) in [7, 11) is -4.86. The first kappa shape index (κ1) is 84.2. The van der Waals surface area contributed by atoms with E-state index in [4.69, 9.17) is 66.9 Å². The molecule has 582 valence electrons. The number of methoxy groups -OCH3 is 1. The lowest BCUT2D eigenvalue weighted by Gasteiger charge is -2.49. The highest BCUT2D eigenvalue weighted by atomic mass is 32.2. The normalized spacial score (nSPS) is 35.8. The number of hydrogen-bond donors (Lipinski definition) is 17. The molecule has 45 nitrogen and oxygen atoms in total. The quantitative estimate of drug-likeness (QED) is 0.0127. The van der Waals surface area contributed by atoms with Gasteiger partial charge in [0.2, 0.25) is 42.1 Å². The number of nitrogens with zero attached hydrogens (tertiary/aromatic N) is 3. The number of nitrogens with one attached hydrogen (secondary N) is 3. The first-order chi connectivity index (χ1) is 48.7. The van der Waals surface area contributed by atoms with Crippen molar-refractivity contribution in [1.82, 2.24) is 30.4 Å². The van der Waals surface area contributed by atoms with Gasteiger partial charge in [-0.2, -0.15) is 4.98 Å². The molecule has 7 heterocycles. The topological polar surface area (TPSA) is 677 Å². The van der Waals surface area contributed by atoms with Crippen molar-refractivity contribution in [3.8, 4) is 0 Å². The lowest BCUT2D eigenvalue weighted by Crippen LogP contribution is -2.69. The van der Waals surface area contributed by atoms with E-state index in [1.807, 2.05) is 0 Å². The molecule has 0 aromatic carbocycles. The first-order valence-electron chi connectivity index (χ1n) is 31.7. The number of aliphatic hydroxyl groups is 12. The highest BCUT2D eigenvalue weighted by molar-refractivity contribution is 8.00. The maximum Gasteiger partial charge on any atom is 0.364 e. The third-order valence-electron chi connectivity index (χ3n) is 17.1. The molecule has 6 aliphatic heterocycles. The number of aromatic nitrogens is 2. The SMILES string of the molecule is CO[C@@H]1C(OC=O)O[C@@H](O[C@@H]2C(CO)O[C@H](O[C@@H]3C(OC=O)O[C@@H](OCCNC(=O)CCCN4C(=O)CC(SCCCC(=O)NCC(=O)C[C@@H]5C(O)C[C@@](OP(=O)([O-])OC[C@H]6O[C@@H](n7ccc(N)nc7=O)[C@@H](O)C6O)(C(=O)O)OC5[C@H](O)[C@H](O)CO)C4=O)[C@@H](O)C3O)[C@@H](NC(C)=O)C2O)[C@@H](O)C1O. The highest BCUT2D eigenvalue weighted by Gasteiger charge is 2.59. The van der Waals surface area contributed by atoms with Crippen LogP contribution in [0.2, 0.25) is 0 Å². The van der Waals surface area contributed by atoms with Crippen LogP contribution in [0.3, 0.4) is 0 Å². The summed E-state index contributed by atoms with van der Waals surface area (Å²) in [6, 6.07) is -0.529. The number of carbonyl (C=O) groups excluding carboxylic acids is 8. The van der Waals surface area contributed by atoms with Crippen LogP contribution in [0.1, 0.15) is 58.1 Å². The minimum Gasteiger partial charge on any atom is -0.756 e. The molecule has 18 N–H and O–H groups in total. The van der Waals surface area contributed by atoms with Crippen molar-refractivity contribution < 1.29 is 180 Å². The molecule has 5 amide bonds. The van der Waals surface area contributed by atoms with Gasteiger partial charge in [0.25, 0.3) is 26.6 Å². The molecule has 7 rings (SSSR count). The number of amides is 5. The Morgan fingerprint density at radius 1 is 0.825 bits per heavy atom. The average molecular weight is 1530 g/mol. The Bertz CT molecular complexity index is 3190. The largest absolute Gasteiger partial charge is 0.756 e. The Kier molecular flexibility index (Phi) is 31.0. The number of ketones is 1. The van der Waals surface area contributed by atoms with E-state index >= 15 is 0 Å². The Balaban J connectivity index is 0.803. The number of ether oxygens (including phenoxy) is 11. The van der Waals surface area contributed by atoms with Crippen LogP contribution in [-0.4, -0.2) is 340 Å². The van der Waals surface area contributed by atoms with Crippen LogP contribution in [0.15, 0.2) is 17.1 Å². The number of phosphoric ester groups is 1. The van der Waals surface area contributed by atoms with Gasteiger partial charge >= 0.3 is 11.7 Å². The van der Waals surface area contributed by atoms with Gasteiger partial charge in [0.05, 0.1) is 50.4 Å². The monoisotopic (exact) mass is 1520 g/mol. The van der Waals surface area contributed by atoms with E-state index in [0.29, 0.717) is 0 Å². The highest BCUT2D eigenvalue weighted by Crippen LogP contribution is 2.50. The van der Waals surface area contributed by atoms with Crippen molar-refractivity contribution in [3.63, 3.8) is 0 Å². The summed E-state index contributed by atoms with van der Waals surface area (Å²) in [5, 5.41) is 145. The Hall–Kier alpha value is -6.07. The van der Waals surface area contributed by atoms with E-state index in [-0.39, 0.29) is 69.7 Å². The molecule has 0 saturated carbocycles. The summed E-state index contributed by atoms with van der Waals surface area (Å²) < 4.78 is 83.0. The number of nitrogen functional groups attached to an aromatic ring is 1.